The van der Waals surface area contributed by atoms with E-state index in [1.54, 1.807) is 6.92 Å². The topological polar surface area (TPSA) is 45.8 Å². The van der Waals surface area contributed by atoms with E-state index >= 15 is 0 Å². The number of hydrogen-bond acceptors (Lipinski definition) is 2. The van der Waals surface area contributed by atoms with Crippen molar-refractivity contribution < 1.29 is 8.78 Å². The third kappa shape index (κ3) is 2.55. The molecule has 0 atom stereocenters. The number of rotatable bonds is 2. The van der Waals surface area contributed by atoms with Gasteiger partial charge in [0.15, 0.2) is 0 Å². The van der Waals surface area contributed by atoms with Gasteiger partial charge >= 0.3 is 0 Å². The third-order valence-corrected chi connectivity index (χ3v) is 2.31. The summed E-state index contributed by atoms with van der Waals surface area (Å²) in [4.78, 5) is 17.9. The summed E-state index contributed by atoms with van der Waals surface area (Å²) >= 11 is 0. The SMILES string of the molecule is Cc1cc(=O)[nH]c(-c2ccc(C(F)F)cc2)n1. The molecule has 1 aromatic carbocycles. The molecule has 3 nitrogen and oxygen atoms in total. The zero-order chi connectivity index (χ0) is 12.4. The molecular weight excluding hydrogens is 226 g/mol. The van der Waals surface area contributed by atoms with Crippen molar-refractivity contribution in [3.8, 4) is 11.4 Å². The fourth-order valence-corrected chi connectivity index (χ4v) is 1.50. The summed E-state index contributed by atoms with van der Waals surface area (Å²) in [7, 11) is 0. The van der Waals surface area contributed by atoms with E-state index in [0.29, 0.717) is 17.1 Å². The van der Waals surface area contributed by atoms with Gasteiger partial charge in [0, 0.05) is 22.9 Å². The fourth-order valence-electron chi connectivity index (χ4n) is 1.50. The lowest BCUT2D eigenvalue weighted by molar-refractivity contribution is 0.151. The first-order valence-corrected chi connectivity index (χ1v) is 5.03. The zero-order valence-corrected chi connectivity index (χ0v) is 9.08. The molecule has 0 spiro atoms. The van der Waals surface area contributed by atoms with Crippen LogP contribution in [0.5, 0.6) is 0 Å². The van der Waals surface area contributed by atoms with Gasteiger partial charge in [-0.15, -0.1) is 0 Å². The maximum atomic E-state index is 12.4. The summed E-state index contributed by atoms with van der Waals surface area (Å²) in [6, 6.07) is 7.04. The van der Waals surface area contributed by atoms with Crippen LogP contribution in [-0.4, -0.2) is 9.97 Å². The Labute approximate surface area is 96.2 Å². The van der Waals surface area contributed by atoms with Crippen molar-refractivity contribution in [3.63, 3.8) is 0 Å². The van der Waals surface area contributed by atoms with Crippen molar-refractivity contribution in [2.24, 2.45) is 0 Å². The summed E-state index contributed by atoms with van der Waals surface area (Å²) in [6.45, 7) is 1.70. The Balaban J connectivity index is 2.43. The molecule has 0 amide bonds. The van der Waals surface area contributed by atoms with E-state index in [9.17, 15) is 13.6 Å². The minimum atomic E-state index is -2.49. The van der Waals surface area contributed by atoms with Gasteiger partial charge in [-0.3, -0.25) is 4.79 Å². The Hall–Kier alpha value is -2.04. The summed E-state index contributed by atoms with van der Waals surface area (Å²) in [5.74, 6) is 0.385. The Bertz CT molecular complexity index is 576. The van der Waals surface area contributed by atoms with Gasteiger partial charge in [-0.05, 0) is 6.92 Å². The van der Waals surface area contributed by atoms with Gasteiger partial charge in [0.05, 0.1) is 0 Å². The molecule has 0 fully saturated rings. The quantitative estimate of drug-likeness (QED) is 0.871. The first-order valence-electron chi connectivity index (χ1n) is 5.03. The average Bonchev–Trinajstić information content (AvgIpc) is 2.28. The van der Waals surface area contributed by atoms with Crippen LogP contribution in [0.25, 0.3) is 11.4 Å². The minimum absolute atomic E-state index is 0.0521. The van der Waals surface area contributed by atoms with Gasteiger partial charge in [0.2, 0.25) is 0 Å². The summed E-state index contributed by atoms with van der Waals surface area (Å²) < 4.78 is 24.7. The number of H-pyrrole nitrogens is 1. The van der Waals surface area contributed by atoms with E-state index < -0.39 is 6.43 Å². The highest BCUT2D eigenvalue weighted by molar-refractivity contribution is 5.55. The summed E-state index contributed by atoms with van der Waals surface area (Å²) in [5, 5.41) is 0. The first kappa shape index (κ1) is 11.4. The van der Waals surface area contributed by atoms with Crippen molar-refractivity contribution in [1.82, 2.24) is 9.97 Å². The number of halogens is 2. The van der Waals surface area contributed by atoms with Gasteiger partial charge in [0.1, 0.15) is 5.82 Å². The van der Waals surface area contributed by atoms with Gasteiger partial charge in [0.25, 0.3) is 12.0 Å². The van der Waals surface area contributed by atoms with E-state index in [2.05, 4.69) is 9.97 Å². The Kier molecular flexibility index (Phi) is 2.99. The van der Waals surface area contributed by atoms with E-state index in [1.165, 1.54) is 30.3 Å². The molecule has 2 rings (SSSR count). The smallest absolute Gasteiger partial charge is 0.263 e. The van der Waals surface area contributed by atoms with Crippen LogP contribution in [0.4, 0.5) is 8.78 Å². The van der Waals surface area contributed by atoms with Crippen LogP contribution in [0.1, 0.15) is 17.7 Å². The van der Waals surface area contributed by atoms with Crippen LogP contribution in [0.15, 0.2) is 35.1 Å². The van der Waals surface area contributed by atoms with Gasteiger partial charge in [-0.25, -0.2) is 13.8 Å². The molecule has 2 aromatic rings. The van der Waals surface area contributed by atoms with Gasteiger partial charge in [-0.2, -0.15) is 0 Å². The molecule has 0 saturated carbocycles. The average molecular weight is 236 g/mol. The minimum Gasteiger partial charge on any atom is -0.307 e. The van der Waals surface area contributed by atoms with Crippen molar-refractivity contribution >= 4 is 0 Å². The van der Waals surface area contributed by atoms with Crippen molar-refractivity contribution in [3.05, 3.63) is 51.9 Å². The van der Waals surface area contributed by atoms with Crippen LogP contribution < -0.4 is 5.56 Å². The van der Waals surface area contributed by atoms with Crippen molar-refractivity contribution in [2.75, 3.05) is 0 Å². The van der Waals surface area contributed by atoms with E-state index in [1.807, 2.05) is 0 Å². The maximum absolute atomic E-state index is 12.4. The second kappa shape index (κ2) is 4.45. The number of aromatic nitrogens is 2. The van der Waals surface area contributed by atoms with Crippen LogP contribution in [0.3, 0.4) is 0 Å². The number of alkyl halides is 2. The number of nitrogens with one attached hydrogen (secondary N) is 1. The van der Waals surface area contributed by atoms with E-state index in [4.69, 9.17) is 0 Å². The number of aryl methyl sites for hydroxylation is 1. The molecule has 0 bridgehead atoms. The highest BCUT2D eigenvalue weighted by Crippen LogP contribution is 2.21. The maximum Gasteiger partial charge on any atom is 0.263 e. The molecule has 0 aliphatic rings. The highest BCUT2D eigenvalue weighted by Gasteiger charge is 2.07. The van der Waals surface area contributed by atoms with Crippen LogP contribution in [-0.2, 0) is 0 Å². The fraction of sp³-hybridized carbons (Fsp3) is 0.167. The Morgan fingerprint density at radius 1 is 1.24 bits per heavy atom. The second-order valence-corrected chi connectivity index (χ2v) is 3.66. The molecule has 0 unspecified atom stereocenters. The molecule has 17 heavy (non-hydrogen) atoms. The van der Waals surface area contributed by atoms with Crippen LogP contribution >= 0.6 is 0 Å². The molecule has 5 heteroatoms. The van der Waals surface area contributed by atoms with E-state index in [0.717, 1.165) is 0 Å². The number of nitrogens with zero attached hydrogens (tertiary/aromatic N) is 1. The standard InChI is InChI=1S/C12H10F2N2O/c1-7-6-10(17)16-12(15-7)9-4-2-8(3-5-9)11(13)14/h2-6,11H,1H3,(H,15,16,17). The van der Waals surface area contributed by atoms with Crippen molar-refractivity contribution in [1.29, 1.82) is 0 Å². The predicted molar refractivity (Wildman–Crippen MR) is 60.0 cm³/mol. The van der Waals surface area contributed by atoms with Crippen LogP contribution in [0, 0.1) is 6.92 Å². The second-order valence-electron chi connectivity index (χ2n) is 3.66. The zero-order valence-electron chi connectivity index (χ0n) is 9.08. The van der Waals surface area contributed by atoms with Crippen LogP contribution in [0.2, 0.25) is 0 Å². The molecule has 0 aliphatic carbocycles. The molecule has 0 radical (unpaired) electrons. The molecule has 1 N–H and O–H groups in total. The van der Waals surface area contributed by atoms with Crippen molar-refractivity contribution in [2.45, 2.75) is 13.3 Å². The first-order chi connectivity index (χ1) is 8.06. The largest absolute Gasteiger partial charge is 0.307 e. The summed E-state index contributed by atoms with van der Waals surface area (Å²) in [5.41, 5.74) is 0.881. The monoisotopic (exact) mass is 236 g/mol. The van der Waals surface area contributed by atoms with E-state index in [-0.39, 0.29) is 11.1 Å². The molecule has 1 aromatic heterocycles. The lowest BCUT2D eigenvalue weighted by atomic mass is 10.1. The lowest BCUT2D eigenvalue weighted by Crippen LogP contribution is -2.08. The lowest BCUT2D eigenvalue weighted by Gasteiger charge is -2.03. The Morgan fingerprint density at radius 3 is 2.41 bits per heavy atom. The molecular formula is C12H10F2N2O. The highest BCUT2D eigenvalue weighted by atomic mass is 19.3. The normalized spacial score (nSPS) is 10.8. The third-order valence-electron chi connectivity index (χ3n) is 2.31. The predicted octanol–water partition coefficient (Wildman–Crippen LogP) is 2.68. The summed E-state index contributed by atoms with van der Waals surface area (Å²) in [6.07, 6.45) is -2.49. The number of hydrogen-bond donors (Lipinski definition) is 1. The number of benzene rings is 1. The van der Waals surface area contributed by atoms with Gasteiger partial charge in [-0.1, -0.05) is 24.3 Å². The molecule has 1 heterocycles. The van der Waals surface area contributed by atoms with Gasteiger partial charge < -0.3 is 4.98 Å². The number of aromatic amines is 1. The molecule has 0 aliphatic heterocycles. The molecule has 88 valence electrons. The molecule has 0 saturated heterocycles. The Morgan fingerprint density at radius 2 is 1.88 bits per heavy atom.